The molecule has 3 heterocycles. The van der Waals surface area contributed by atoms with Gasteiger partial charge in [-0.3, -0.25) is 9.78 Å². The van der Waals surface area contributed by atoms with Gasteiger partial charge in [-0.05, 0) is 28.5 Å². The zero-order valence-electron chi connectivity index (χ0n) is 15.3. The van der Waals surface area contributed by atoms with Crippen molar-refractivity contribution in [3.63, 3.8) is 0 Å². The molecule has 0 unspecified atom stereocenters. The summed E-state index contributed by atoms with van der Waals surface area (Å²) in [5, 5.41) is 6.68. The van der Waals surface area contributed by atoms with Gasteiger partial charge in [0.15, 0.2) is 0 Å². The number of benzene rings is 2. The van der Waals surface area contributed by atoms with Crippen LogP contribution in [-0.4, -0.2) is 27.5 Å². The topological polar surface area (TPSA) is 59.2 Å². The third-order valence-electron chi connectivity index (χ3n) is 5.33. The van der Waals surface area contributed by atoms with Crippen LogP contribution in [0.5, 0.6) is 0 Å². The highest BCUT2D eigenvalue weighted by Crippen LogP contribution is 2.34. The van der Waals surface area contributed by atoms with Crippen LogP contribution in [0.3, 0.4) is 0 Å². The van der Waals surface area contributed by atoms with Gasteiger partial charge in [0, 0.05) is 36.5 Å². The Bertz CT molecular complexity index is 1150. The Morgan fingerprint density at radius 3 is 2.75 bits per heavy atom. The fraction of sp³-hybridized carbons (Fsp3) is 0.174. The summed E-state index contributed by atoms with van der Waals surface area (Å²) in [4.78, 5) is 18.7. The number of rotatable bonds is 3. The van der Waals surface area contributed by atoms with Crippen molar-refractivity contribution in [3.05, 3.63) is 83.9 Å². The van der Waals surface area contributed by atoms with E-state index in [0.717, 1.165) is 38.9 Å². The second-order valence-corrected chi connectivity index (χ2v) is 7.06. The molecule has 5 heteroatoms. The van der Waals surface area contributed by atoms with Gasteiger partial charge in [0.05, 0.1) is 13.0 Å². The number of amides is 1. The molecule has 0 saturated heterocycles. The molecule has 2 aromatic carbocycles. The number of carbonyl (C=O) groups excluding carboxylic acids is 1. The van der Waals surface area contributed by atoms with E-state index in [2.05, 4.69) is 34.4 Å². The minimum absolute atomic E-state index is 0.113. The molecule has 28 heavy (non-hydrogen) atoms. The Hall–Kier alpha value is -3.47. The highest BCUT2D eigenvalue weighted by Gasteiger charge is 2.28. The lowest BCUT2D eigenvalue weighted by molar-refractivity contribution is -0.131. The van der Waals surface area contributed by atoms with Crippen LogP contribution in [0.25, 0.3) is 22.0 Å². The van der Waals surface area contributed by atoms with E-state index in [4.69, 9.17) is 4.52 Å². The van der Waals surface area contributed by atoms with Crippen LogP contribution in [-0.2, 0) is 24.2 Å². The van der Waals surface area contributed by atoms with Gasteiger partial charge in [-0.15, -0.1) is 0 Å². The Labute approximate surface area is 162 Å². The quantitative estimate of drug-likeness (QED) is 0.547. The lowest BCUT2D eigenvalue weighted by Crippen LogP contribution is -2.36. The molecule has 0 spiro atoms. The van der Waals surface area contributed by atoms with Gasteiger partial charge in [-0.2, -0.15) is 0 Å². The summed E-state index contributed by atoms with van der Waals surface area (Å²) < 4.78 is 5.64. The third-order valence-corrected chi connectivity index (χ3v) is 5.33. The van der Waals surface area contributed by atoms with Gasteiger partial charge >= 0.3 is 0 Å². The smallest absolute Gasteiger partial charge is 0.227 e. The van der Waals surface area contributed by atoms with Crippen LogP contribution in [0.15, 0.2) is 71.5 Å². The number of carbonyl (C=O) groups is 1. The Balaban J connectivity index is 1.46. The number of fused-ring (bicyclic) bond motifs is 2. The minimum Gasteiger partial charge on any atom is -0.360 e. The van der Waals surface area contributed by atoms with E-state index in [0.29, 0.717) is 25.9 Å². The van der Waals surface area contributed by atoms with Gasteiger partial charge in [-0.1, -0.05) is 47.6 Å². The Morgan fingerprint density at radius 2 is 1.86 bits per heavy atom. The van der Waals surface area contributed by atoms with Crippen LogP contribution in [0.4, 0.5) is 0 Å². The van der Waals surface area contributed by atoms with Gasteiger partial charge in [0.2, 0.25) is 5.91 Å². The fourth-order valence-corrected chi connectivity index (χ4v) is 3.85. The molecule has 1 aliphatic rings. The molecule has 5 nitrogen and oxygen atoms in total. The number of hydrogen-bond acceptors (Lipinski definition) is 4. The van der Waals surface area contributed by atoms with E-state index in [1.165, 1.54) is 0 Å². The highest BCUT2D eigenvalue weighted by atomic mass is 16.5. The number of aromatic nitrogens is 2. The van der Waals surface area contributed by atoms with Crippen LogP contribution >= 0.6 is 0 Å². The van der Waals surface area contributed by atoms with E-state index in [1.807, 2.05) is 35.2 Å². The monoisotopic (exact) mass is 369 g/mol. The van der Waals surface area contributed by atoms with Crippen LogP contribution < -0.4 is 0 Å². The van der Waals surface area contributed by atoms with Crippen LogP contribution in [0.2, 0.25) is 0 Å². The molecule has 0 radical (unpaired) electrons. The first-order chi connectivity index (χ1) is 13.8. The summed E-state index contributed by atoms with van der Waals surface area (Å²) in [6.45, 7) is 1.18. The molecule has 0 fully saturated rings. The van der Waals surface area contributed by atoms with E-state index >= 15 is 0 Å². The van der Waals surface area contributed by atoms with Crippen molar-refractivity contribution in [2.75, 3.05) is 6.54 Å². The zero-order valence-corrected chi connectivity index (χ0v) is 15.3. The number of pyridine rings is 1. The normalized spacial score (nSPS) is 13.5. The molecule has 138 valence electrons. The standard InChI is InChI=1S/C23H19N3O2/c27-22(14-16-8-11-24-12-9-16)26-13-10-21-20(15-26)23(25-28-21)19-7-3-5-17-4-1-2-6-18(17)19/h1-9,11-12H,10,13-15H2. The van der Waals surface area contributed by atoms with Gasteiger partial charge < -0.3 is 9.42 Å². The Kier molecular flexibility index (Phi) is 4.13. The maximum absolute atomic E-state index is 12.8. The fourth-order valence-electron chi connectivity index (χ4n) is 3.85. The first kappa shape index (κ1) is 16.7. The second-order valence-electron chi connectivity index (χ2n) is 7.06. The minimum atomic E-state index is 0.113. The van der Waals surface area contributed by atoms with Crippen molar-refractivity contribution < 1.29 is 9.32 Å². The van der Waals surface area contributed by atoms with Crippen molar-refractivity contribution in [2.45, 2.75) is 19.4 Å². The lowest BCUT2D eigenvalue weighted by atomic mass is 9.97. The van der Waals surface area contributed by atoms with Crippen molar-refractivity contribution in [2.24, 2.45) is 0 Å². The summed E-state index contributed by atoms with van der Waals surface area (Å²) >= 11 is 0. The molecule has 2 aromatic heterocycles. The molecular weight excluding hydrogens is 350 g/mol. The molecule has 1 amide bonds. The van der Waals surface area contributed by atoms with E-state index < -0.39 is 0 Å². The van der Waals surface area contributed by atoms with Crippen molar-refractivity contribution in [1.82, 2.24) is 15.0 Å². The predicted molar refractivity (Wildman–Crippen MR) is 107 cm³/mol. The molecule has 0 aliphatic carbocycles. The molecule has 4 aromatic rings. The van der Waals surface area contributed by atoms with Crippen LogP contribution in [0.1, 0.15) is 16.9 Å². The first-order valence-electron chi connectivity index (χ1n) is 9.42. The van der Waals surface area contributed by atoms with Crippen molar-refractivity contribution >= 4 is 16.7 Å². The van der Waals surface area contributed by atoms with Crippen molar-refractivity contribution in [3.8, 4) is 11.3 Å². The first-order valence-corrected chi connectivity index (χ1v) is 9.42. The second kappa shape index (κ2) is 6.93. The largest absolute Gasteiger partial charge is 0.360 e. The summed E-state index contributed by atoms with van der Waals surface area (Å²) in [7, 11) is 0. The third kappa shape index (κ3) is 2.95. The molecule has 5 rings (SSSR count). The molecule has 0 bridgehead atoms. The maximum Gasteiger partial charge on any atom is 0.227 e. The summed E-state index contributed by atoms with van der Waals surface area (Å²) in [6.07, 6.45) is 4.51. The maximum atomic E-state index is 12.8. The molecule has 0 N–H and O–H groups in total. The average molecular weight is 369 g/mol. The number of hydrogen-bond donors (Lipinski definition) is 0. The zero-order chi connectivity index (χ0) is 18.9. The van der Waals surface area contributed by atoms with E-state index in [1.54, 1.807) is 12.4 Å². The Morgan fingerprint density at radius 1 is 1.04 bits per heavy atom. The van der Waals surface area contributed by atoms with Gasteiger partial charge in [0.25, 0.3) is 0 Å². The summed E-state index contributed by atoms with van der Waals surface area (Å²) in [5.41, 5.74) is 3.89. The molecule has 0 atom stereocenters. The van der Waals surface area contributed by atoms with Crippen molar-refractivity contribution in [1.29, 1.82) is 0 Å². The predicted octanol–water partition coefficient (Wildman–Crippen LogP) is 4.02. The van der Waals surface area contributed by atoms with E-state index in [9.17, 15) is 4.79 Å². The highest BCUT2D eigenvalue weighted by molar-refractivity contribution is 5.96. The summed E-state index contributed by atoms with van der Waals surface area (Å²) in [6, 6.07) is 18.2. The molecule has 0 saturated carbocycles. The van der Waals surface area contributed by atoms with Gasteiger partial charge in [0.1, 0.15) is 11.5 Å². The molecular formula is C23H19N3O2. The van der Waals surface area contributed by atoms with Gasteiger partial charge in [-0.25, -0.2) is 0 Å². The average Bonchev–Trinajstić information content (AvgIpc) is 3.17. The van der Waals surface area contributed by atoms with E-state index in [-0.39, 0.29) is 5.91 Å². The summed E-state index contributed by atoms with van der Waals surface area (Å²) in [5.74, 6) is 0.998. The number of nitrogens with zero attached hydrogens (tertiary/aromatic N) is 3. The van der Waals surface area contributed by atoms with Crippen LogP contribution in [0, 0.1) is 0 Å². The lowest BCUT2D eigenvalue weighted by Gasteiger charge is -2.26. The SMILES string of the molecule is O=C(Cc1ccncc1)N1CCc2onc(-c3cccc4ccccc34)c2C1. The molecule has 1 aliphatic heterocycles.